The minimum Gasteiger partial charge on any atom is -0.377 e. The summed E-state index contributed by atoms with van der Waals surface area (Å²) < 4.78 is 5.26. The third-order valence-electron chi connectivity index (χ3n) is 4.94. The molecule has 1 aliphatic heterocycles. The van der Waals surface area contributed by atoms with Crippen LogP contribution in [-0.4, -0.2) is 36.1 Å². The Hall–Kier alpha value is -2.51. The van der Waals surface area contributed by atoms with Crippen LogP contribution in [0.1, 0.15) is 18.7 Å². The fourth-order valence-electron chi connectivity index (χ4n) is 3.62. The van der Waals surface area contributed by atoms with Gasteiger partial charge in [0, 0.05) is 31.1 Å². The van der Waals surface area contributed by atoms with E-state index >= 15 is 0 Å². The van der Waals surface area contributed by atoms with Crippen molar-refractivity contribution in [3.05, 3.63) is 41.5 Å². The summed E-state index contributed by atoms with van der Waals surface area (Å²) in [5.74, 6) is 1.14. The second-order valence-electron chi connectivity index (χ2n) is 6.78. The van der Waals surface area contributed by atoms with E-state index in [1.54, 1.807) is 18.4 Å². The molecule has 2 aromatic heterocycles. The number of nitrogens with zero attached hydrogens (tertiary/aromatic N) is 3. The van der Waals surface area contributed by atoms with E-state index in [9.17, 15) is 4.79 Å². The summed E-state index contributed by atoms with van der Waals surface area (Å²) in [4.78, 5) is 24.4. The Morgan fingerprint density at radius 1 is 1.33 bits per heavy atom. The van der Waals surface area contributed by atoms with Gasteiger partial charge in [-0.3, -0.25) is 4.79 Å². The van der Waals surface area contributed by atoms with Crippen molar-refractivity contribution in [1.29, 1.82) is 0 Å². The number of carbonyl (C=O) groups excluding carboxylic acids is 1. The van der Waals surface area contributed by atoms with E-state index in [-0.39, 0.29) is 11.8 Å². The van der Waals surface area contributed by atoms with Crippen LogP contribution in [0.25, 0.3) is 21.3 Å². The van der Waals surface area contributed by atoms with Crippen LogP contribution in [0.5, 0.6) is 0 Å². The van der Waals surface area contributed by atoms with Crippen molar-refractivity contribution < 1.29 is 9.53 Å². The minimum atomic E-state index is -0.240. The zero-order chi connectivity index (χ0) is 18.8. The topological polar surface area (TPSA) is 81.3 Å². The largest absolute Gasteiger partial charge is 0.377 e. The van der Waals surface area contributed by atoms with Gasteiger partial charge in [-0.05, 0) is 18.4 Å². The number of ether oxygens (including phenoxy) is 1. The zero-order valence-corrected chi connectivity index (χ0v) is 16.0. The lowest BCUT2D eigenvalue weighted by Crippen LogP contribution is -2.41. The van der Waals surface area contributed by atoms with Gasteiger partial charge in [-0.25, -0.2) is 9.97 Å². The van der Waals surface area contributed by atoms with Gasteiger partial charge in [-0.2, -0.15) is 0 Å². The average Bonchev–Trinajstić information content (AvgIpc) is 3.12. The number of methoxy groups -OCH3 is 1. The van der Waals surface area contributed by atoms with E-state index in [4.69, 9.17) is 15.5 Å². The van der Waals surface area contributed by atoms with Crippen LogP contribution in [0.15, 0.2) is 35.7 Å². The standard InChI is InChI=1S/C20H22N4O2S/c1-26-11-16-22-19(24-9-5-8-14(10-24)18(21)25)17-15(12-27-20(17)23-16)13-6-3-2-4-7-13/h2-4,6-7,12,14H,5,8-11H2,1H3,(H2,21,25). The minimum absolute atomic E-state index is 0.145. The van der Waals surface area contributed by atoms with Crippen LogP contribution < -0.4 is 10.6 Å². The first-order valence-corrected chi connectivity index (χ1v) is 9.92. The Labute approximate surface area is 162 Å². The van der Waals surface area contributed by atoms with E-state index < -0.39 is 0 Å². The molecule has 0 spiro atoms. The number of primary amides is 1. The molecule has 1 fully saturated rings. The highest BCUT2D eigenvalue weighted by Gasteiger charge is 2.27. The number of rotatable bonds is 5. The molecule has 1 amide bonds. The molecule has 6 nitrogen and oxygen atoms in total. The Morgan fingerprint density at radius 2 is 2.15 bits per heavy atom. The predicted molar refractivity (Wildman–Crippen MR) is 108 cm³/mol. The number of hydrogen-bond acceptors (Lipinski definition) is 6. The number of benzene rings is 1. The summed E-state index contributed by atoms with van der Waals surface area (Å²) in [6, 6.07) is 10.3. The van der Waals surface area contributed by atoms with Crippen LogP contribution in [0.3, 0.4) is 0 Å². The van der Waals surface area contributed by atoms with E-state index in [2.05, 4.69) is 27.4 Å². The number of aromatic nitrogens is 2. The van der Waals surface area contributed by atoms with Gasteiger partial charge in [-0.1, -0.05) is 30.3 Å². The van der Waals surface area contributed by atoms with E-state index in [1.165, 1.54) is 0 Å². The monoisotopic (exact) mass is 382 g/mol. The van der Waals surface area contributed by atoms with Crippen molar-refractivity contribution in [2.24, 2.45) is 11.7 Å². The Morgan fingerprint density at radius 3 is 2.89 bits per heavy atom. The molecule has 4 rings (SSSR count). The molecule has 0 aliphatic carbocycles. The van der Waals surface area contributed by atoms with Crippen molar-refractivity contribution in [3.8, 4) is 11.1 Å². The van der Waals surface area contributed by atoms with Crippen molar-refractivity contribution in [2.45, 2.75) is 19.4 Å². The van der Waals surface area contributed by atoms with Crippen LogP contribution in [0.4, 0.5) is 5.82 Å². The lowest BCUT2D eigenvalue weighted by atomic mass is 9.97. The van der Waals surface area contributed by atoms with Crippen LogP contribution in [0.2, 0.25) is 0 Å². The van der Waals surface area contributed by atoms with Gasteiger partial charge >= 0.3 is 0 Å². The molecule has 1 aromatic carbocycles. The molecular weight excluding hydrogens is 360 g/mol. The summed E-state index contributed by atoms with van der Waals surface area (Å²) in [5, 5.41) is 3.17. The number of carbonyl (C=O) groups is 1. The van der Waals surface area contributed by atoms with Gasteiger partial charge in [0.05, 0.1) is 11.3 Å². The van der Waals surface area contributed by atoms with E-state index in [1.807, 2.05) is 18.2 Å². The molecule has 27 heavy (non-hydrogen) atoms. The highest BCUT2D eigenvalue weighted by molar-refractivity contribution is 7.17. The summed E-state index contributed by atoms with van der Waals surface area (Å²) in [6.45, 7) is 1.80. The molecular formula is C20H22N4O2S. The van der Waals surface area contributed by atoms with Gasteiger partial charge in [0.1, 0.15) is 17.3 Å². The van der Waals surface area contributed by atoms with Gasteiger partial charge in [0.25, 0.3) is 0 Å². The Kier molecular flexibility index (Phi) is 5.05. The molecule has 0 bridgehead atoms. The van der Waals surface area contributed by atoms with E-state index in [0.717, 1.165) is 46.5 Å². The van der Waals surface area contributed by atoms with Crippen LogP contribution in [0, 0.1) is 5.92 Å². The van der Waals surface area contributed by atoms with Crippen molar-refractivity contribution in [2.75, 3.05) is 25.1 Å². The SMILES string of the molecule is COCc1nc(N2CCCC(C(N)=O)C2)c2c(-c3ccccc3)csc2n1. The summed E-state index contributed by atoms with van der Waals surface area (Å²) >= 11 is 1.61. The lowest BCUT2D eigenvalue weighted by molar-refractivity contribution is -0.122. The number of amides is 1. The third kappa shape index (κ3) is 3.52. The molecule has 0 saturated carbocycles. The second-order valence-corrected chi connectivity index (χ2v) is 7.64. The molecule has 140 valence electrons. The van der Waals surface area contributed by atoms with Gasteiger partial charge in [0.15, 0.2) is 5.82 Å². The fraction of sp³-hybridized carbons (Fsp3) is 0.350. The molecule has 3 heterocycles. The third-order valence-corrected chi connectivity index (χ3v) is 5.81. The second kappa shape index (κ2) is 7.62. The average molecular weight is 382 g/mol. The summed E-state index contributed by atoms with van der Waals surface area (Å²) in [6.07, 6.45) is 1.75. The van der Waals surface area contributed by atoms with Crippen LogP contribution in [-0.2, 0) is 16.1 Å². The first-order valence-electron chi connectivity index (χ1n) is 9.04. The maximum absolute atomic E-state index is 11.7. The smallest absolute Gasteiger partial charge is 0.222 e. The van der Waals surface area contributed by atoms with Crippen molar-refractivity contribution in [3.63, 3.8) is 0 Å². The molecule has 2 N–H and O–H groups in total. The quantitative estimate of drug-likeness (QED) is 0.733. The Balaban J connectivity index is 1.85. The highest BCUT2D eigenvalue weighted by atomic mass is 32.1. The lowest BCUT2D eigenvalue weighted by Gasteiger charge is -2.32. The first-order chi connectivity index (χ1) is 13.2. The predicted octanol–water partition coefficient (Wildman–Crippen LogP) is 3.21. The van der Waals surface area contributed by atoms with Crippen LogP contribution >= 0.6 is 11.3 Å². The van der Waals surface area contributed by atoms with Gasteiger partial charge < -0.3 is 15.4 Å². The van der Waals surface area contributed by atoms with Crippen molar-refractivity contribution in [1.82, 2.24) is 9.97 Å². The number of hydrogen-bond donors (Lipinski definition) is 1. The molecule has 1 saturated heterocycles. The number of nitrogens with two attached hydrogens (primary N) is 1. The highest BCUT2D eigenvalue weighted by Crippen LogP contribution is 2.39. The van der Waals surface area contributed by atoms with Crippen molar-refractivity contribution >= 4 is 33.3 Å². The number of anilines is 1. The maximum Gasteiger partial charge on any atom is 0.222 e. The number of thiophene rings is 1. The fourth-order valence-corrected chi connectivity index (χ4v) is 4.58. The normalized spacial score (nSPS) is 17.4. The summed E-state index contributed by atoms with van der Waals surface area (Å²) in [7, 11) is 1.64. The Bertz CT molecular complexity index is 957. The molecule has 7 heteroatoms. The molecule has 3 aromatic rings. The number of fused-ring (bicyclic) bond motifs is 1. The zero-order valence-electron chi connectivity index (χ0n) is 15.2. The molecule has 1 unspecified atom stereocenters. The maximum atomic E-state index is 11.7. The molecule has 0 radical (unpaired) electrons. The van der Waals surface area contributed by atoms with Gasteiger partial charge in [-0.15, -0.1) is 11.3 Å². The number of piperidine rings is 1. The van der Waals surface area contributed by atoms with E-state index in [0.29, 0.717) is 19.0 Å². The first kappa shape index (κ1) is 17.9. The van der Waals surface area contributed by atoms with Gasteiger partial charge in [0.2, 0.25) is 5.91 Å². The molecule has 1 aliphatic rings. The molecule has 1 atom stereocenters. The summed E-state index contributed by atoms with van der Waals surface area (Å²) in [5.41, 5.74) is 7.84.